The van der Waals surface area contributed by atoms with Crippen LogP contribution in [0.3, 0.4) is 0 Å². The fourth-order valence-electron chi connectivity index (χ4n) is 4.25. The first kappa shape index (κ1) is 12.1. The molecule has 1 aliphatic carbocycles. The maximum atomic E-state index is 12.6. The average Bonchev–Trinajstić information content (AvgIpc) is 2.69. The van der Waals surface area contributed by atoms with Gasteiger partial charge in [0.15, 0.2) is 11.6 Å². The molecular weight excluding hydrogens is 250 g/mol. The van der Waals surface area contributed by atoms with Crippen LogP contribution in [0.2, 0.25) is 0 Å². The second-order valence-corrected chi connectivity index (χ2v) is 6.52. The Labute approximate surface area is 119 Å². The van der Waals surface area contributed by atoms with E-state index in [2.05, 4.69) is 24.8 Å². The summed E-state index contributed by atoms with van der Waals surface area (Å²) in [5.41, 5.74) is 5.12. The van der Waals surface area contributed by atoms with Crippen molar-refractivity contribution >= 4 is 17.3 Å². The molecule has 2 unspecified atom stereocenters. The monoisotopic (exact) mass is 269 g/mol. The summed E-state index contributed by atoms with van der Waals surface area (Å²) in [7, 11) is 0. The molecule has 0 bridgehead atoms. The largest absolute Gasteiger partial charge is 0.368 e. The zero-order chi connectivity index (χ0) is 14.0. The minimum absolute atomic E-state index is 0.193. The van der Waals surface area contributed by atoms with Gasteiger partial charge >= 0.3 is 0 Å². The lowest BCUT2D eigenvalue weighted by molar-refractivity contribution is 0.0964. The van der Waals surface area contributed by atoms with Gasteiger partial charge in [-0.2, -0.15) is 0 Å². The van der Waals surface area contributed by atoms with Crippen molar-refractivity contribution in [2.75, 3.05) is 11.4 Å². The number of ketones is 2. The molecule has 0 amide bonds. The van der Waals surface area contributed by atoms with E-state index in [0.717, 1.165) is 41.8 Å². The van der Waals surface area contributed by atoms with E-state index in [9.17, 15) is 9.59 Å². The van der Waals surface area contributed by atoms with Crippen LogP contribution >= 0.6 is 0 Å². The van der Waals surface area contributed by atoms with E-state index >= 15 is 0 Å². The fraction of sp³-hybridized carbons (Fsp3) is 0.529. The number of rotatable bonds is 0. The second-order valence-electron chi connectivity index (χ2n) is 6.52. The average molecular weight is 269 g/mol. The molecule has 0 saturated heterocycles. The first-order chi connectivity index (χ1) is 9.58. The third kappa shape index (κ3) is 1.41. The number of hydrogen-bond acceptors (Lipinski definition) is 3. The molecule has 1 aromatic carbocycles. The number of aryl methyl sites for hydroxylation is 1. The summed E-state index contributed by atoms with van der Waals surface area (Å²) in [6, 6.07) is 2.37. The molecule has 3 heteroatoms. The van der Waals surface area contributed by atoms with Gasteiger partial charge in [-0.15, -0.1) is 0 Å². The number of benzene rings is 1. The topological polar surface area (TPSA) is 37.4 Å². The predicted molar refractivity (Wildman–Crippen MR) is 77.9 cm³/mol. The van der Waals surface area contributed by atoms with Crippen LogP contribution in [0.5, 0.6) is 0 Å². The van der Waals surface area contributed by atoms with E-state index in [1.165, 1.54) is 5.56 Å². The van der Waals surface area contributed by atoms with E-state index in [4.69, 9.17) is 0 Å². The first-order valence-electron chi connectivity index (χ1n) is 7.60. The summed E-state index contributed by atoms with van der Waals surface area (Å²) in [6.07, 6.45) is 3.26. The van der Waals surface area contributed by atoms with Crippen LogP contribution in [0.4, 0.5) is 5.69 Å². The van der Waals surface area contributed by atoms with Crippen molar-refractivity contribution in [3.05, 3.63) is 28.3 Å². The highest BCUT2D eigenvalue weighted by molar-refractivity contribution is 6.12. The minimum atomic E-state index is 0.193. The van der Waals surface area contributed by atoms with Crippen molar-refractivity contribution in [3.8, 4) is 0 Å². The molecule has 3 aliphatic rings. The van der Waals surface area contributed by atoms with Gasteiger partial charge in [0.25, 0.3) is 0 Å². The molecule has 0 aromatic heterocycles. The van der Waals surface area contributed by atoms with Crippen LogP contribution < -0.4 is 4.90 Å². The van der Waals surface area contributed by atoms with Crippen molar-refractivity contribution < 1.29 is 9.59 Å². The lowest BCUT2D eigenvalue weighted by atomic mass is 9.82. The van der Waals surface area contributed by atoms with Crippen molar-refractivity contribution in [3.63, 3.8) is 0 Å². The number of carbonyl (C=O) groups is 2. The summed E-state index contributed by atoms with van der Waals surface area (Å²) in [4.78, 5) is 27.2. The number of anilines is 1. The van der Waals surface area contributed by atoms with Gasteiger partial charge in [-0.3, -0.25) is 9.59 Å². The van der Waals surface area contributed by atoms with Crippen LogP contribution in [0.25, 0.3) is 0 Å². The van der Waals surface area contributed by atoms with E-state index in [0.29, 0.717) is 18.9 Å². The van der Waals surface area contributed by atoms with Crippen molar-refractivity contribution in [1.29, 1.82) is 0 Å². The van der Waals surface area contributed by atoms with Gasteiger partial charge in [0.05, 0.1) is 5.69 Å². The standard InChI is InChI=1S/C17H19NO2/c1-9-6-13(19)12-8-11-4-3-5-18-10(2)7-14(20)16(15(9)12)17(11)18/h8-10H,3-7H2,1-2H3. The van der Waals surface area contributed by atoms with Gasteiger partial charge in [-0.05, 0) is 42.9 Å². The van der Waals surface area contributed by atoms with Crippen LogP contribution in [-0.4, -0.2) is 24.2 Å². The lowest BCUT2D eigenvalue weighted by Crippen LogP contribution is -2.43. The van der Waals surface area contributed by atoms with Gasteiger partial charge in [-0.25, -0.2) is 0 Å². The normalized spacial score (nSPS) is 27.6. The summed E-state index contributed by atoms with van der Waals surface area (Å²) >= 11 is 0. The quantitative estimate of drug-likeness (QED) is 0.726. The van der Waals surface area contributed by atoms with Gasteiger partial charge in [0.1, 0.15) is 0 Å². The van der Waals surface area contributed by atoms with E-state index in [1.807, 2.05) is 0 Å². The number of fused-ring (bicyclic) bond motifs is 2. The van der Waals surface area contributed by atoms with Crippen molar-refractivity contribution in [2.24, 2.45) is 0 Å². The summed E-state index contributed by atoms with van der Waals surface area (Å²) in [6.45, 7) is 5.25. The molecule has 20 heavy (non-hydrogen) atoms. The molecule has 0 saturated carbocycles. The van der Waals surface area contributed by atoms with Crippen LogP contribution in [0.1, 0.15) is 70.9 Å². The zero-order valence-corrected chi connectivity index (χ0v) is 12.0. The molecule has 0 radical (unpaired) electrons. The molecular formula is C17H19NO2. The molecule has 104 valence electrons. The third-order valence-electron chi connectivity index (χ3n) is 5.13. The minimum Gasteiger partial charge on any atom is -0.368 e. The Kier molecular flexibility index (Phi) is 2.39. The highest BCUT2D eigenvalue weighted by Crippen LogP contribution is 2.46. The van der Waals surface area contributed by atoms with Crippen molar-refractivity contribution in [1.82, 2.24) is 0 Å². The Bertz CT molecular complexity index is 647. The number of hydrogen-bond donors (Lipinski definition) is 0. The van der Waals surface area contributed by atoms with Gasteiger partial charge < -0.3 is 4.90 Å². The van der Waals surface area contributed by atoms with Crippen LogP contribution in [-0.2, 0) is 6.42 Å². The Balaban J connectivity index is 2.06. The zero-order valence-electron chi connectivity index (χ0n) is 12.0. The smallest absolute Gasteiger partial charge is 0.167 e. The van der Waals surface area contributed by atoms with Crippen molar-refractivity contribution in [2.45, 2.75) is 51.5 Å². The highest BCUT2D eigenvalue weighted by atomic mass is 16.1. The SMILES string of the molecule is CC1CC(=O)c2cc3c4c(c21)C(=O)CC(C)N4CCC3. The van der Waals surface area contributed by atoms with Gasteiger partial charge in [0.2, 0.25) is 0 Å². The Hall–Kier alpha value is -1.64. The molecule has 2 atom stereocenters. The number of carbonyl (C=O) groups excluding carboxylic acids is 2. The van der Waals surface area contributed by atoms with E-state index < -0.39 is 0 Å². The maximum Gasteiger partial charge on any atom is 0.167 e. The third-order valence-corrected chi connectivity index (χ3v) is 5.13. The molecule has 0 spiro atoms. The molecule has 4 rings (SSSR count). The lowest BCUT2D eigenvalue weighted by Gasteiger charge is -2.41. The first-order valence-corrected chi connectivity index (χ1v) is 7.60. The predicted octanol–water partition coefficient (Wildman–Crippen LogP) is 3.10. The molecule has 0 N–H and O–H groups in total. The number of nitrogens with zero attached hydrogens (tertiary/aromatic N) is 1. The summed E-state index contributed by atoms with van der Waals surface area (Å²) in [5.74, 6) is 0.652. The second kappa shape index (κ2) is 3.94. The summed E-state index contributed by atoms with van der Waals surface area (Å²) < 4.78 is 0. The summed E-state index contributed by atoms with van der Waals surface area (Å²) in [5, 5.41) is 0. The Morgan fingerprint density at radius 2 is 1.95 bits per heavy atom. The Morgan fingerprint density at radius 1 is 1.15 bits per heavy atom. The van der Waals surface area contributed by atoms with Crippen LogP contribution in [0.15, 0.2) is 6.07 Å². The molecule has 3 nitrogen and oxygen atoms in total. The Morgan fingerprint density at radius 3 is 2.75 bits per heavy atom. The molecule has 2 aliphatic heterocycles. The number of Topliss-reactive ketones (excluding diaryl/α,β-unsaturated/α-hetero) is 2. The van der Waals surface area contributed by atoms with Crippen LogP contribution in [0, 0.1) is 0 Å². The van der Waals surface area contributed by atoms with Gasteiger partial charge in [-0.1, -0.05) is 6.92 Å². The molecule has 0 fully saturated rings. The molecule has 2 heterocycles. The maximum absolute atomic E-state index is 12.6. The van der Waals surface area contributed by atoms with Gasteiger partial charge in [0, 0.05) is 36.6 Å². The fourth-order valence-corrected chi connectivity index (χ4v) is 4.25. The van der Waals surface area contributed by atoms with E-state index in [1.54, 1.807) is 0 Å². The van der Waals surface area contributed by atoms with E-state index in [-0.39, 0.29) is 17.5 Å². The highest BCUT2D eigenvalue weighted by Gasteiger charge is 2.40. The molecule has 1 aromatic rings.